The molecular weight excluding hydrogens is 342 g/mol. The van der Waals surface area contributed by atoms with Gasteiger partial charge in [0.2, 0.25) is 3.79 Å². The molecule has 0 aliphatic heterocycles. The Hall–Kier alpha value is -0.210. The van der Waals surface area contributed by atoms with E-state index in [1.165, 1.54) is 0 Å². The van der Waals surface area contributed by atoms with Crippen molar-refractivity contribution in [2.45, 2.75) is 3.79 Å². The van der Waals surface area contributed by atoms with Crippen LogP contribution in [0.5, 0.6) is 0 Å². The molecule has 0 aliphatic rings. The van der Waals surface area contributed by atoms with Gasteiger partial charge in [0.25, 0.3) is 0 Å². The fraction of sp³-hybridized carbons (Fsp3) is 0.0769. The highest BCUT2D eigenvalue weighted by Gasteiger charge is 2.22. The van der Waals surface area contributed by atoms with Crippen molar-refractivity contribution >= 4 is 50.7 Å². The van der Waals surface area contributed by atoms with Crippen molar-refractivity contribution in [3.05, 3.63) is 58.6 Å². The second-order valence-corrected chi connectivity index (χ2v) is 6.78. The maximum atomic E-state index is 5.80. The van der Waals surface area contributed by atoms with Crippen LogP contribution in [0.25, 0.3) is 11.1 Å². The lowest BCUT2D eigenvalue weighted by molar-refractivity contribution is 1.24. The minimum atomic E-state index is -1.36. The van der Waals surface area contributed by atoms with Gasteiger partial charge in [-0.25, -0.2) is 0 Å². The molecule has 0 aliphatic carbocycles. The molecule has 0 saturated heterocycles. The summed E-state index contributed by atoms with van der Waals surface area (Å²) >= 11 is 20.8. The highest BCUT2D eigenvalue weighted by atomic mass is 79.9. The Morgan fingerprint density at radius 2 is 1.12 bits per heavy atom. The van der Waals surface area contributed by atoms with Crippen LogP contribution in [-0.2, 0) is 3.79 Å². The van der Waals surface area contributed by atoms with Crippen molar-refractivity contribution < 1.29 is 0 Å². The standard InChI is InChI=1S/C13H8BrCl3/c14-12-7-3-10(4-8-12)9-1-5-11(6-2-9)13(15,16)17/h1-8H. The number of halogens is 4. The SMILES string of the molecule is ClC(Cl)(Cl)c1ccc(-c2ccc(Br)cc2)cc1. The first-order valence-electron chi connectivity index (χ1n) is 4.90. The Morgan fingerprint density at radius 3 is 1.53 bits per heavy atom. The lowest BCUT2D eigenvalue weighted by atomic mass is 10.0. The Kier molecular flexibility index (Phi) is 4.04. The summed E-state index contributed by atoms with van der Waals surface area (Å²) in [6, 6.07) is 15.6. The van der Waals surface area contributed by atoms with Crippen LogP contribution in [-0.4, -0.2) is 0 Å². The third-order valence-corrected chi connectivity index (χ3v) is 3.57. The summed E-state index contributed by atoms with van der Waals surface area (Å²) in [5.74, 6) is 0. The van der Waals surface area contributed by atoms with E-state index in [1.54, 1.807) is 0 Å². The Bertz CT molecular complexity index is 498. The maximum Gasteiger partial charge on any atom is 0.216 e. The van der Waals surface area contributed by atoms with E-state index >= 15 is 0 Å². The lowest BCUT2D eigenvalue weighted by Crippen LogP contribution is -1.98. The van der Waals surface area contributed by atoms with Crippen molar-refractivity contribution in [1.82, 2.24) is 0 Å². The normalized spacial score (nSPS) is 11.5. The molecule has 0 spiro atoms. The Labute approximate surface area is 124 Å². The van der Waals surface area contributed by atoms with Gasteiger partial charge in [0.15, 0.2) is 0 Å². The van der Waals surface area contributed by atoms with Gasteiger partial charge in [0, 0.05) is 10.0 Å². The zero-order valence-corrected chi connectivity index (χ0v) is 12.5. The fourth-order valence-corrected chi connectivity index (χ4v) is 2.14. The zero-order chi connectivity index (χ0) is 12.5. The van der Waals surface area contributed by atoms with Gasteiger partial charge in [-0.3, -0.25) is 0 Å². The average Bonchev–Trinajstić information content (AvgIpc) is 2.29. The molecule has 0 heterocycles. The molecule has 0 radical (unpaired) electrons. The second-order valence-electron chi connectivity index (χ2n) is 3.58. The quantitative estimate of drug-likeness (QED) is 0.558. The molecule has 0 aromatic heterocycles. The topological polar surface area (TPSA) is 0 Å². The monoisotopic (exact) mass is 348 g/mol. The molecule has 0 fully saturated rings. The molecule has 17 heavy (non-hydrogen) atoms. The molecule has 0 bridgehead atoms. The largest absolute Gasteiger partial charge is 0.216 e. The fourth-order valence-electron chi connectivity index (χ4n) is 1.49. The number of hydrogen-bond acceptors (Lipinski definition) is 0. The molecule has 0 amide bonds. The molecule has 0 N–H and O–H groups in total. The van der Waals surface area contributed by atoms with Gasteiger partial charge in [-0.2, -0.15) is 0 Å². The van der Waals surface area contributed by atoms with Gasteiger partial charge < -0.3 is 0 Å². The molecule has 0 nitrogen and oxygen atoms in total. The number of rotatable bonds is 1. The molecule has 2 aromatic rings. The van der Waals surface area contributed by atoms with Gasteiger partial charge in [-0.05, 0) is 23.3 Å². The van der Waals surface area contributed by atoms with Crippen molar-refractivity contribution in [2.75, 3.05) is 0 Å². The second kappa shape index (κ2) is 5.19. The van der Waals surface area contributed by atoms with Crippen molar-refractivity contribution in [3.63, 3.8) is 0 Å². The summed E-state index contributed by atoms with van der Waals surface area (Å²) in [6.07, 6.45) is 0. The summed E-state index contributed by atoms with van der Waals surface area (Å²) in [4.78, 5) is 0. The van der Waals surface area contributed by atoms with Gasteiger partial charge in [-0.1, -0.05) is 87.1 Å². The highest BCUT2D eigenvalue weighted by Crippen LogP contribution is 2.38. The number of benzene rings is 2. The minimum absolute atomic E-state index is 0.670. The summed E-state index contributed by atoms with van der Waals surface area (Å²) in [5.41, 5.74) is 2.89. The van der Waals surface area contributed by atoms with Crippen molar-refractivity contribution in [3.8, 4) is 11.1 Å². The Balaban J connectivity index is 2.33. The van der Waals surface area contributed by atoms with Gasteiger partial charge >= 0.3 is 0 Å². The first-order chi connectivity index (χ1) is 7.97. The van der Waals surface area contributed by atoms with Crippen LogP contribution in [0.3, 0.4) is 0 Å². The van der Waals surface area contributed by atoms with E-state index in [9.17, 15) is 0 Å². The van der Waals surface area contributed by atoms with Gasteiger partial charge in [0.05, 0.1) is 0 Å². The molecule has 2 rings (SSSR count). The molecule has 0 unspecified atom stereocenters. The molecule has 0 atom stereocenters. The van der Waals surface area contributed by atoms with E-state index in [0.717, 1.165) is 15.6 Å². The van der Waals surface area contributed by atoms with E-state index in [0.29, 0.717) is 5.56 Å². The third kappa shape index (κ3) is 3.38. The predicted octanol–water partition coefficient (Wildman–Crippen LogP) is 5.94. The maximum absolute atomic E-state index is 5.80. The zero-order valence-electron chi connectivity index (χ0n) is 8.63. The molecule has 2 aromatic carbocycles. The van der Waals surface area contributed by atoms with E-state index < -0.39 is 3.79 Å². The molecular formula is C13H8BrCl3. The highest BCUT2D eigenvalue weighted by molar-refractivity contribution is 9.10. The predicted molar refractivity (Wildman–Crippen MR) is 78.8 cm³/mol. The third-order valence-electron chi connectivity index (χ3n) is 2.39. The summed E-state index contributed by atoms with van der Waals surface area (Å²) in [5, 5.41) is 0. The number of alkyl halides is 3. The van der Waals surface area contributed by atoms with Crippen LogP contribution in [0, 0.1) is 0 Å². The van der Waals surface area contributed by atoms with Gasteiger partial charge in [0.1, 0.15) is 0 Å². The van der Waals surface area contributed by atoms with Crippen LogP contribution in [0.2, 0.25) is 0 Å². The summed E-state index contributed by atoms with van der Waals surface area (Å²) < 4.78 is -0.308. The molecule has 88 valence electrons. The van der Waals surface area contributed by atoms with Crippen molar-refractivity contribution in [2.24, 2.45) is 0 Å². The first-order valence-corrected chi connectivity index (χ1v) is 6.83. The van der Waals surface area contributed by atoms with Crippen LogP contribution in [0.4, 0.5) is 0 Å². The van der Waals surface area contributed by atoms with Crippen LogP contribution in [0.15, 0.2) is 53.0 Å². The van der Waals surface area contributed by atoms with E-state index in [1.807, 2.05) is 48.5 Å². The molecule has 0 saturated carbocycles. The smallest absolute Gasteiger partial charge is 0.0784 e. The summed E-state index contributed by atoms with van der Waals surface area (Å²) in [7, 11) is 0. The minimum Gasteiger partial charge on any atom is -0.0784 e. The first kappa shape index (κ1) is 13.2. The van der Waals surface area contributed by atoms with E-state index in [2.05, 4.69) is 15.9 Å². The van der Waals surface area contributed by atoms with Crippen LogP contribution < -0.4 is 0 Å². The van der Waals surface area contributed by atoms with Crippen LogP contribution >= 0.6 is 50.7 Å². The van der Waals surface area contributed by atoms with Crippen molar-refractivity contribution in [1.29, 1.82) is 0 Å². The van der Waals surface area contributed by atoms with E-state index in [-0.39, 0.29) is 0 Å². The average molecular weight is 350 g/mol. The lowest BCUT2D eigenvalue weighted by Gasteiger charge is -2.11. The molecule has 4 heteroatoms. The Morgan fingerprint density at radius 1 is 0.706 bits per heavy atom. The summed E-state index contributed by atoms with van der Waals surface area (Å²) in [6.45, 7) is 0. The number of hydrogen-bond donors (Lipinski definition) is 0. The van der Waals surface area contributed by atoms with E-state index in [4.69, 9.17) is 34.8 Å². The van der Waals surface area contributed by atoms with Crippen LogP contribution in [0.1, 0.15) is 5.56 Å². The van der Waals surface area contributed by atoms with Gasteiger partial charge in [-0.15, -0.1) is 0 Å².